The first-order valence-corrected chi connectivity index (χ1v) is 9.28. The molecule has 0 saturated heterocycles. The molecule has 0 bridgehead atoms. The number of carbonyl (C=O) groups excluding carboxylic acids is 2. The third-order valence-electron chi connectivity index (χ3n) is 4.20. The molecule has 3 amide bonds. The molecular weight excluding hydrogens is 380 g/mol. The Labute approximate surface area is 168 Å². The van der Waals surface area contributed by atoms with Gasteiger partial charge in [-0.15, -0.1) is 0 Å². The van der Waals surface area contributed by atoms with Gasteiger partial charge in [0.25, 0.3) is 5.91 Å². The number of hydrogen-bond acceptors (Lipinski definition) is 4. The largest absolute Gasteiger partial charge is 0.482 e. The van der Waals surface area contributed by atoms with Gasteiger partial charge in [-0.2, -0.15) is 5.10 Å². The summed E-state index contributed by atoms with van der Waals surface area (Å²) in [5.41, 5.74) is 4.95. The summed E-state index contributed by atoms with van der Waals surface area (Å²) in [6.07, 6.45) is 0.757. The number of ether oxygens (including phenoxy) is 1. The number of halogens is 1. The van der Waals surface area contributed by atoms with Gasteiger partial charge in [0.1, 0.15) is 5.75 Å². The zero-order valence-corrected chi connectivity index (χ0v) is 16.1. The van der Waals surface area contributed by atoms with Crippen molar-refractivity contribution < 1.29 is 14.3 Å². The lowest BCUT2D eigenvalue weighted by Gasteiger charge is -2.21. The lowest BCUT2D eigenvalue weighted by atomic mass is 10.0. The third-order valence-corrected chi connectivity index (χ3v) is 4.50. The molecule has 3 N–H and O–H groups in total. The zero-order chi connectivity index (χ0) is 19.9. The van der Waals surface area contributed by atoms with Crippen LogP contribution < -0.4 is 20.8 Å². The number of hydrazone groups is 1. The summed E-state index contributed by atoms with van der Waals surface area (Å²) in [5, 5.41) is 9.96. The van der Waals surface area contributed by atoms with Crippen LogP contribution in [0.15, 0.2) is 53.6 Å². The summed E-state index contributed by atoms with van der Waals surface area (Å²) in [6.45, 7) is 2.24. The molecule has 0 aliphatic carbocycles. The van der Waals surface area contributed by atoms with Crippen LogP contribution in [0.25, 0.3) is 0 Å². The van der Waals surface area contributed by atoms with Gasteiger partial charge in [-0.05, 0) is 37.1 Å². The summed E-state index contributed by atoms with van der Waals surface area (Å²) >= 11 is 6.27. The fraction of sp³-hybridized carbons (Fsp3) is 0.250. The molecule has 1 heterocycles. The molecule has 2 aromatic carbocycles. The first kappa shape index (κ1) is 19.7. The van der Waals surface area contributed by atoms with Crippen LogP contribution in [0.2, 0.25) is 5.02 Å². The highest BCUT2D eigenvalue weighted by Crippen LogP contribution is 2.26. The predicted molar refractivity (Wildman–Crippen MR) is 108 cm³/mol. The SMILES string of the molecule is CC1NC(=O)NN=C1c1ccc(OCC(=O)NCCc2ccccc2)c(Cl)c1. The Balaban J connectivity index is 1.50. The number of rotatable bonds is 7. The molecule has 28 heavy (non-hydrogen) atoms. The number of hydrogen-bond donors (Lipinski definition) is 3. The number of benzene rings is 2. The predicted octanol–water partition coefficient (Wildman–Crippen LogP) is 2.48. The minimum Gasteiger partial charge on any atom is -0.482 e. The van der Waals surface area contributed by atoms with E-state index in [1.807, 2.05) is 37.3 Å². The molecule has 2 aromatic rings. The molecule has 1 aliphatic heterocycles. The molecule has 146 valence electrons. The van der Waals surface area contributed by atoms with E-state index in [4.69, 9.17) is 16.3 Å². The van der Waals surface area contributed by atoms with E-state index in [0.717, 1.165) is 17.5 Å². The van der Waals surface area contributed by atoms with Gasteiger partial charge in [-0.1, -0.05) is 41.9 Å². The van der Waals surface area contributed by atoms with Crippen LogP contribution in [-0.2, 0) is 11.2 Å². The molecule has 3 rings (SSSR count). The van der Waals surface area contributed by atoms with Crippen molar-refractivity contribution >= 4 is 29.3 Å². The van der Waals surface area contributed by atoms with Crippen molar-refractivity contribution in [3.8, 4) is 5.75 Å². The maximum Gasteiger partial charge on any atom is 0.335 e. The van der Waals surface area contributed by atoms with Crippen molar-refractivity contribution in [2.45, 2.75) is 19.4 Å². The number of amides is 3. The molecule has 0 fully saturated rings. The van der Waals surface area contributed by atoms with Crippen molar-refractivity contribution in [3.05, 3.63) is 64.7 Å². The summed E-state index contributed by atoms with van der Waals surface area (Å²) in [5.74, 6) is 0.193. The van der Waals surface area contributed by atoms with E-state index in [1.54, 1.807) is 18.2 Å². The van der Waals surface area contributed by atoms with Crippen LogP contribution in [0.5, 0.6) is 5.75 Å². The van der Waals surface area contributed by atoms with Crippen LogP contribution >= 0.6 is 11.6 Å². The molecule has 8 heteroatoms. The van der Waals surface area contributed by atoms with Crippen molar-refractivity contribution in [2.75, 3.05) is 13.2 Å². The number of nitrogens with zero attached hydrogens (tertiary/aromatic N) is 1. The van der Waals surface area contributed by atoms with Gasteiger partial charge in [0.2, 0.25) is 0 Å². The summed E-state index contributed by atoms with van der Waals surface area (Å²) in [6, 6.07) is 14.5. The van der Waals surface area contributed by atoms with Gasteiger partial charge >= 0.3 is 6.03 Å². The lowest BCUT2D eigenvalue weighted by Crippen LogP contribution is -2.48. The standard InChI is InChI=1S/C20H21ClN4O3/c1-13-19(24-25-20(27)23-13)15-7-8-17(16(21)11-15)28-12-18(26)22-10-9-14-5-3-2-4-6-14/h2-8,11,13H,9-10,12H2,1H3,(H,22,26)(H2,23,25,27). The van der Waals surface area contributed by atoms with E-state index < -0.39 is 0 Å². The molecule has 0 radical (unpaired) electrons. The Kier molecular flexibility index (Phi) is 6.49. The Morgan fingerprint density at radius 2 is 2.04 bits per heavy atom. The molecule has 1 unspecified atom stereocenters. The van der Waals surface area contributed by atoms with Crippen LogP contribution in [0, 0.1) is 0 Å². The van der Waals surface area contributed by atoms with Gasteiger partial charge in [0, 0.05) is 12.1 Å². The van der Waals surface area contributed by atoms with Crippen molar-refractivity contribution in [2.24, 2.45) is 5.10 Å². The van der Waals surface area contributed by atoms with E-state index in [1.165, 1.54) is 0 Å². The number of nitrogens with one attached hydrogen (secondary N) is 3. The first-order valence-electron chi connectivity index (χ1n) is 8.90. The zero-order valence-electron chi connectivity index (χ0n) is 15.4. The number of urea groups is 1. The first-order chi connectivity index (χ1) is 13.5. The molecule has 0 spiro atoms. The average Bonchev–Trinajstić information content (AvgIpc) is 2.68. The van der Waals surface area contributed by atoms with E-state index in [9.17, 15) is 9.59 Å². The van der Waals surface area contributed by atoms with Crippen LogP contribution in [-0.4, -0.2) is 36.8 Å². The number of carbonyl (C=O) groups is 2. The second kappa shape index (κ2) is 9.23. The quantitative estimate of drug-likeness (QED) is 0.666. The normalized spacial score (nSPS) is 15.9. The summed E-state index contributed by atoms with van der Waals surface area (Å²) in [7, 11) is 0. The van der Waals surface area contributed by atoms with Crippen molar-refractivity contribution in [1.29, 1.82) is 0 Å². The molecular formula is C20H21ClN4O3. The topological polar surface area (TPSA) is 91.8 Å². The fourth-order valence-electron chi connectivity index (χ4n) is 2.78. The maximum absolute atomic E-state index is 12.0. The smallest absolute Gasteiger partial charge is 0.335 e. The van der Waals surface area contributed by atoms with Crippen molar-refractivity contribution in [1.82, 2.24) is 16.1 Å². The molecule has 1 atom stereocenters. The minimum atomic E-state index is -0.347. The second-order valence-electron chi connectivity index (χ2n) is 6.32. The maximum atomic E-state index is 12.0. The Bertz CT molecular complexity index is 886. The highest BCUT2D eigenvalue weighted by molar-refractivity contribution is 6.32. The lowest BCUT2D eigenvalue weighted by molar-refractivity contribution is -0.123. The van der Waals surface area contributed by atoms with Gasteiger partial charge in [0.15, 0.2) is 6.61 Å². The third kappa shape index (κ3) is 5.23. The Hall–Kier alpha value is -3.06. The van der Waals surface area contributed by atoms with E-state index in [0.29, 0.717) is 23.0 Å². The van der Waals surface area contributed by atoms with Gasteiger partial charge in [-0.3, -0.25) is 4.79 Å². The molecule has 0 aromatic heterocycles. The average molecular weight is 401 g/mol. The second-order valence-corrected chi connectivity index (χ2v) is 6.73. The van der Waals surface area contributed by atoms with E-state index in [-0.39, 0.29) is 24.6 Å². The highest BCUT2D eigenvalue weighted by Gasteiger charge is 2.21. The Morgan fingerprint density at radius 3 is 2.75 bits per heavy atom. The van der Waals surface area contributed by atoms with E-state index in [2.05, 4.69) is 21.2 Å². The van der Waals surface area contributed by atoms with Gasteiger partial charge < -0.3 is 15.4 Å². The summed E-state index contributed by atoms with van der Waals surface area (Å²) in [4.78, 5) is 23.2. The highest BCUT2D eigenvalue weighted by atomic mass is 35.5. The Morgan fingerprint density at radius 1 is 1.25 bits per heavy atom. The van der Waals surface area contributed by atoms with Gasteiger partial charge in [0.05, 0.1) is 16.8 Å². The van der Waals surface area contributed by atoms with Gasteiger partial charge in [-0.25, -0.2) is 10.2 Å². The molecule has 1 aliphatic rings. The molecule has 7 nitrogen and oxygen atoms in total. The fourth-order valence-corrected chi connectivity index (χ4v) is 3.02. The van der Waals surface area contributed by atoms with Crippen LogP contribution in [0.4, 0.5) is 4.79 Å². The molecule has 0 saturated carbocycles. The minimum absolute atomic E-state index is 0.122. The van der Waals surface area contributed by atoms with Crippen LogP contribution in [0.1, 0.15) is 18.1 Å². The van der Waals surface area contributed by atoms with E-state index >= 15 is 0 Å². The summed E-state index contributed by atoms with van der Waals surface area (Å²) < 4.78 is 5.52. The monoisotopic (exact) mass is 400 g/mol. The van der Waals surface area contributed by atoms with Crippen molar-refractivity contribution in [3.63, 3.8) is 0 Å². The van der Waals surface area contributed by atoms with Crippen LogP contribution in [0.3, 0.4) is 0 Å².